The number of alkyl halides is 6. The molecule has 2 aromatic carbocycles. The minimum Gasteiger partial charge on any atom is -0.423 e. The Balaban J connectivity index is 0.000000224. The van der Waals surface area contributed by atoms with Crippen LogP contribution in [0, 0.1) is 13.8 Å². The standard InChI is InChI=1S/C13H11F3OS.C7H6BF3O2.C6H7BrOS/c1-8-6-11(18-12(8)7-17)9-2-4-10(5-3-9)13(14,15)16;9-7(10,11)5-1-3-6(4-2-5)8(12)13;1-4-2-6(7)9-5(4)3-8/h2-6,17H,7H2,1H3;1-4,12-13H;2,8H,3H2,1H3. The molecule has 0 unspecified atom stereocenters. The molecular weight excluding hydrogens is 645 g/mol. The largest absolute Gasteiger partial charge is 0.488 e. The molecule has 0 bridgehead atoms. The lowest BCUT2D eigenvalue weighted by Crippen LogP contribution is -2.29. The van der Waals surface area contributed by atoms with Crippen LogP contribution in [-0.2, 0) is 25.6 Å². The summed E-state index contributed by atoms with van der Waals surface area (Å²) in [5, 5.41) is 35.0. The van der Waals surface area contributed by atoms with Gasteiger partial charge in [0.15, 0.2) is 0 Å². The lowest BCUT2D eigenvalue weighted by atomic mass is 9.80. The van der Waals surface area contributed by atoms with Crippen molar-refractivity contribution in [3.8, 4) is 10.4 Å². The molecule has 4 aromatic rings. The van der Waals surface area contributed by atoms with Gasteiger partial charge in [-0.05, 0) is 76.2 Å². The van der Waals surface area contributed by atoms with Crippen LogP contribution in [0.4, 0.5) is 26.3 Å². The molecule has 40 heavy (non-hydrogen) atoms. The summed E-state index contributed by atoms with van der Waals surface area (Å²) in [6.45, 7) is 3.97. The van der Waals surface area contributed by atoms with Crippen LogP contribution in [0.2, 0.25) is 0 Å². The number of rotatable bonds is 4. The minimum atomic E-state index is -4.39. The number of hydrogen-bond acceptors (Lipinski definition) is 6. The molecule has 216 valence electrons. The molecule has 0 aliphatic heterocycles. The van der Waals surface area contributed by atoms with E-state index in [0.29, 0.717) is 0 Å². The van der Waals surface area contributed by atoms with Gasteiger partial charge in [-0.1, -0.05) is 36.4 Å². The molecule has 0 radical (unpaired) electrons. The average Bonchev–Trinajstić information content (AvgIpc) is 3.43. The fraction of sp³-hybridized carbons (Fsp3) is 0.231. The van der Waals surface area contributed by atoms with Gasteiger partial charge in [0.2, 0.25) is 0 Å². The molecule has 4 N–H and O–H groups in total. The highest BCUT2D eigenvalue weighted by molar-refractivity contribution is 9.11. The first-order valence-electron chi connectivity index (χ1n) is 11.3. The Kier molecular flexibility index (Phi) is 12.4. The van der Waals surface area contributed by atoms with E-state index in [2.05, 4.69) is 15.9 Å². The lowest BCUT2D eigenvalue weighted by Gasteiger charge is -2.06. The Bertz CT molecular complexity index is 1350. The normalized spacial score (nSPS) is 11.3. The molecule has 0 aliphatic rings. The highest BCUT2D eigenvalue weighted by Crippen LogP contribution is 2.34. The van der Waals surface area contributed by atoms with E-state index in [0.717, 1.165) is 71.5 Å². The van der Waals surface area contributed by atoms with Crippen LogP contribution in [0.3, 0.4) is 0 Å². The SMILES string of the molecule is Cc1cc(-c2ccc(C(F)(F)F)cc2)sc1CO.Cc1cc(Br)sc1CO.OB(O)c1ccc(C(F)(F)F)cc1. The van der Waals surface area contributed by atoms with Gasteiger partial charge in [-0.15, -0.1) is 22.7 Å². The summed E-state index contributed by atoms with van der Waals surface area (Å²) < 4.78 is 74.3. The van der Waals surface area contributed by atoms with Gasteiger partial charge in [-0.2, -0.15) is 26.3 Å². The zero-order valence-corrected chi connectivity index (χ0v) is 24.2. The molecule has 0 aliphatic carbocycles. The van der Waals surface area contributed by atoms with Gasteiger partial charge in [-0.25, -0.2) is 0 Å². The maximum absolute atomic E-state index is 12.4. The zero-order chi connectivity index (χ0) is 30.3. The number of halogens is 7. The smallest absolute Gasteiger partial charge is 0.423 e. The zero-order valence-electron chi connectivity index (χ0n) is 21.0. The van der Waals surface area contributed by atoms with Gasteiger partial charge < -0.3 is 20.3 Å². The van der Waals surface area contributed by atoms with E-state index in [1.807, 2.05) is 26.0 Å². The second-order valence-electron chi connectivity index (χ2n) is 8.26. The third-order valence-corrected chi connectivity index (χ3v) is 8.33. The predicted molar refractivity (Wildman–Crippen MR) is 149 cm³/mol. The summed E-state index contributed by atoms with van der Waals surface area (Å²) in [4.78, 5) is 2.75. The van der Waals surface area contributed by atoms with Crippen molar-refractivity contribution in [2.75, 3.05) is 0 Å². The Labute approximate surface area is 243 Å². The van der Waals surface area contributed by atoms with Gasteiger partial charge in [0.1, 0.15) is 0 Å². The highest BCUT2D eigenvalue weighted by atomic mass is 79.9. The Morgan fingerprint density at radius 1 is 0.700 bits per heavy atom. The maximum Gasteiger partial charge on any atom is 0.488 e. The second-order valence-corrected chi connectivity index (χ2v) is 11.9. The van der Waals surface area contributed by atoms with Gasteiger partial charge in [-0.3, -0.25) is 0 Å². The molecule has 0 fully saturated rings. The van der Waals surface area contributed by atoms with Crippen LogP contribution >= 0.6 is 38.6 Å². The van der Waals surface area contributed by atoms with Gasteiger partial charge in [0.25, 0.3) is 0 Å². The van der Waals surface area contributed by atoms with Gasteiger partial charge >= 0.3 is 19.5 Å². The molecule has 4 rings (SSSR count). The van der Waals surface area contributed by atoms with E-state index in [-0.39, 0.29) is 18.7 Å². The van der Waals surface area contributed by atoms with E-state index in [9.17, 15) is 26.3 Å². The van der Waals surface area contributed by atoms with Crippen molar-refractivity contribution in [1.82, 2.24) is 0 Å². The van der Waals surface area contributed by atoms with Crippen molar-refractivity contribution in [2.45, 2.75) is 39.4 Å². The van der Waals surface area contributed by atoms with Crippen molar-refractivity contribution in [3.05, 3.63) is 96.5 Å². The average molecular weight is 669 g/mol. The van der Waals surface area contributed by atoms with Crippen LogP contribution in [-0.4, -0.2) is 27.4 Å². The topological polar surface area (TPSA) is 80.9 Å². The third kappa shape index (κ3) is 10.0. The monoisotopic (exact) mass is 668 g/mol. The Morgan fingerprint density at radius 2 is 1.12 bits per heavy atom. The lowest BCUT2D eigenvalue weighted by molar-refractivity contribution is -0.138. The second kappa shape index (κ2) is 14.6. The molecule has 0 amide bonds. The molecule has 14 heteroatoms. The van der Waals surface area contributed by atoms with Gasteiger partial charge in [0.05, 0.1) is 28.1 Å². The van der Waals surface area contributed by atoms with Crippen molar-refractivity contribution >= 4 is 51.2 Å². The minimum absolute atomic E-state index is 0.0352. The van der Waals surface area contributed by atoms with E-state index in [1.54, 1.807) is 11.3 Å². The summed E-state index contributed by atoms with van der Waals surface area (Å²) in [6.07, 6.45) is -8.70. The summed E-state index contributed by atoms with van der Waals surface area (Å²) in [7, 11) is -1.73. The quantitative estimate of drug-likeness (QED) is 0.140. The highest BCUT2D eigenvalue weighted by Gasteiger charge is 2.31. The van der Waals surface area contributed by atoms with Crippen LogP contribution in [0.5, 0.6) is 0 Å². The van der Waals surface area contributed by atoms with E-state index in [4.69, 9.17) is 20.3 Å². The first kappa shape index (κ1) is 34.0. The molecular formula is C26H24BBrF6O4S2. The fourth-order valence-electron chi connectivity index (χ4n) is 3.12. The van der Waals surface area contributed by atoms with Crippen molar-refractivity contribution in [3.63, 3.8) is 0 Å². The summed E-state index contributed by atoms with van der Waals surface area (Å²) >= 11 is 6.31. The maximum atomic E-state index is 12.4. The molecule has 0 spiro atoms. The van der Waals surface area contributed by atoms with E-state index in [1.165, 1.54) is 23.5 Å². The van der Waals surface area contributed by atoms with Crippen molar-refractivity contribution in [2.24, 2.45) is 0 Å². The Hall–Kier alpha value is -2.20. The molecule has 2 heterocycles. The van der Waals surface area contributed by atoms with Crippen LogP contribution in [0.25, 0.3) is 10.4 Å². The number of hydrogen-bond donors (Lipinski definition) is 4. The van der Waals surface area contributed by atoms with Gasteiger partial charge in [0, 0.05) is 14.6 Å². The number of aliphatic hydroxyl groups excluding tert-OH is 2. The number of aryl methyl sites for hydroxylation is 2. The van der Waals surface area contributed by atoms with Crippen LogP contribution < -0.4 is 5.46 Å². The molecule has 0 saturated carbocycles. The molecule has 0 saturated heterocycles. The van der Waals surface area contributed by atoms with Crippen molar-refractivity contribution in [1.29, 1.82) is 0 Å². The molecule has 2 aromatic heterocycles. The van der Waals surface area contributed by atoms with E-state index >= 15 is 0 Å². The van der Waals surface area contributed by atoms with Crippen LogP contribution in [0.1, 0.15) is 32.0 Å². The third-order valence-electron chi connectivity index (χ3n) is 5.33. The first-order valence-corrected chi connectivity index (χ1v) is 13.8. The summed E-state index contributed by atoms with van der Waals surface area (Å²) in [5.74, 6) is 0. The Morgan fingerprint density at radius 3 is 1.45 bits per heavy atom. The number of benzene rings is 2. The molecule has 0 atom stereocenters. The number of thiophene rings is 2. The first-order chi connectivity index (χ1) is 18.6. The summed E-state index contributed by atoms with van der Waals surface area (Å²) in [6, 6.07) is 12.6. The molecule has 4 nitrogen and oxygen atoms in total. The van der Waals surface area contributed by atoms with Crippen LogP contribution in [0.15, 0.2) is 64.5 Å². The fourth-order valence-corrected chi connectivity index (χ4v) is 5.85. The summed E-state index contributed by atoms with van der Waals surface area (Å²) in [5.41, 5.74) is 1.43. The predicted octanol–water partition coefficient (Wildman–Crippen LogP) is 6.93. The van der Waals surface area contributed by atoms with E-state index < -0.39 is 30.6 Å². The van der Waals surface area contributed by atoms with Crippen molar-refractivity contribution < 1.29 is 46.6 Å². The number of aliphatic hydroxyl groups is 2.